The molecule has 2 nitrogen and oxygen atoms in total. The van der Waals surface area contributed by atoms with E-state index in [-0.39, 0.29) is 23.0 Å². The molecular formula is C42H45BN2. The van der Waals surface area contributed by atoms with Crippen LogP contribution in [-0.4, -0.2) is 6.71 Å². The maximum Gasteiger partial charge on any atom is 0.252 e. The standard InChI is InChI=1S/C42H45BN2/c1-40(2,3)28-22-23-36-34(27-28)43-33-18-13-14-19-35(33)44(31-16-11-10-12-17-31)37-20-15-21-38(39(37)43)45(36)32-25-29(41(4,5)6)24-30(26-32)42(7,8)9/h10-27H,1-9H3. The van der Waals surface area contributed by atoms with Crippen molar-refractivity contribution in [2.45, 2.75) is 78.6 Å². The minimum Gasteiger partial charge on any atom is -0.311 e. The van der Waals surface area contributed by atoms with Gasteiger partial charge in [-0.25, -0.2) is 0 Å². The predicted molar refractivity (Wildman–Crippen MR) is 197 cm³/mol. The SMILES string of the molecule is CC(C)(C)c1cc(N2c3ccc(C(C)(C)C)cc3B3c4ccccc4N(c4ccccc4)c4cccc2c43)cc(C(C)(C)C)c1. The van der Waals surface area contributed by atoms with E-state index in [1.165, 1.54) is 67.2 Å². The van der Waals surface area contributed by atoms with Gasteiger partial charge in [0.25, 0.3) is 6.71 Å². The summed E-state index contributed by atoms with van der Waals surface area (Å²) in [7, 11) is 0. The van der Waals surface area contributed by atoms with Crippen LogP contribution in [0.3, 0.4) is 0 Å². The Balaban J connectivity index is 1.58. The summed E-state index contributed by atoms with van der Waals surface area (Å²) >= 11 is 0. The molecular weight excluding hydrogens is 543 g/mol. The summed E-state index contributed by atoms with van der Waals surface area (Å²) in [6.07, 6.45) is 0. The molecule has 0 N–H and O–H groups in total. The second-order valence-corrected chi connectivity index (χ2v) is 16.0. The zero-order valence-electron chi connectivity index (χ0n) is 28.4. The number of hydrogen-bond donors (Lipinski definition) is 0. The van der Waals surface area contributed by atoms with Crippen molar-refractivity contribution in [2.24, 2.45) is 0 Å². The molecule has 5 aromatic rings. The molecule has 0 radical (unpaired) electrons. The second kappa shape index (κ2) is 10.1. The summed E-state index contributed by atoms with van der Waals surface area (Å²) in [5.74, 6) is 0. The van der Waals surface area contributed by atoms with Crippen LogP contribution < -0.4 is 26.2 Å². The molecule has 5 aromatic carbocycles. The van der Waals surface area contributed by atoms with E-state index < -0.39 is 0 Å². The van der Waals surface area contributed by atoms with Crippen LogP contribution in [0.25, 0.3) is 0 Å². The molecule has 0 aromatic heterocycles. The summed E-state index contributed by atoms with van der Waals surface area (Å²) < 4.78 is 0. The molecule has 226 valence electrons. The van der Waals surface area contributed by atoms with Gasteiger partial charge >= 0.3 is 0 Å². The van der Waals surface area contributed by atoms with Crippen molar-refractivity contribution in [1.82, 2.24) is 0 Å². The minimum absolute atomic E-state index is 0.0203. The van der Waals surface area contributed by atoms with Crippen molar-refractivity contribution in [3.05, 3.63) is 126 Å². The fourth-order valence-electron chi connectivity index (χ4n) is 7.10. The average Bonchev–Trinajstić information content (AvgIpc) is 2.99. The summed E-state index contributed by atoms with van der Waals surface area (Å²) in [5, 5.41) is 0. The molecule has 0 atom stereocenters. The molecule has 0 amide bonds. The average molecular weight is 589 g/mol. The first-order valence-corrected chi connectivity index (χ1v) is 16.4. The maximum atomic E-state index is 2.55. The fraction of sp³-hybridized carbons (Fsp3) is 0.286. The Kier molecular flexibility index (Phi) is 6.64. The van der Waals surface area contributed by atoms with E-state index in [1.807, 2.05) is 0 Å². The normalized spacial score (nSPS) is 14.2. The van der Waals surface area contributed by atoms with Crippen molar-refractivity contribution < 1.29 is 0 Å². The molecule has 0 spiro atoms. The van der Waals surface area contributed by atoms with Crippen LogP contribution in [0, 0.1) is 0 Å². The molecule has 7 rings (SSSR count). The van der Waals surface area contributed by atoms with Crippen LogP contribution in [0.2, 0.25) is 0 Å². The van der Waals surface area contributed by atoms with E-state index in [0.717, 1.165) is 0 Å². The summed E-state index contributed by atoms with van der Waals surface area (Å²) in [6, 6.07) is 41.3. The van der Waals surface area contributed by atoms with E-state index in [1.54, 1.807) is 0 Å². The van der Waals surface area contributed by atoms with Gasteiger partial charge in [-0.2, -0.15) is 0 Å². The van der Waals surface area contributed by atoms with Crippen LogP contribution in [0.15, 0.2) is 109 Å². The number of fused-ring (bicyclic) bond motifs is 4. The Morgan fingerprint density at radius 3 is 1.51 bits per heavy atom. The van der Waals surface area contributed by atoms with E-state index in [9.17, 15) is 0 Å². The van der Waals surface area contributed by atoms with Crippen molar-refractivity contribution >= 4 is 57.2 Å². The number of hydrogen-bond acceptors (Lipinski definition) is 2. The third kappa shape index (κ3) is 4.88. The second-order valence-electron chi connectivity index (χ2n) is 16.0. The lowest BCUT2D eigenvalue weighted by Gasteiger charge is -2.44. The first-order chi connectivity index (χ1) is 21.2. The minimum atomic E-state index is 0.0203. The quantitative estimate of drug-likeness (QED) is 0.186. The lowest BCUT2D eigenvalue weighted by atomic mass is 9.33. The molecule has 0 fully saturated rings. The van der Waals surface area contributed by atoms with Gasteiger partial charge in [0, 0.05) is 34.1 Å². The predicted octanol–water partition coefficient (Wildman–Crippen LogP) is 9.66. The Bertz CT molecular complexity index is 1890. The highest BCUT2D eigenvalue weighted by molar-refractivity contribution is 7.00. The monoisotopic (exact) mass is 588 g/mol. The number of rotatable bonds is 2. The van der Waals surface area contributed by atoms with Gasteiger partial charge in [0.15, 0.2) is 0 Å². The molecule has 3 heteroatoms. The van der Waals surface area contributed by atoms with E-state index in [2.05, 4.69) is 181 Å². The first-order valence-electron chi connectivity index (χ1n) is 16.4. The molecule has 0 saturated heterocycles. The Labute approximate surface area is 270 Å². The zero-order valence-corrected chi connectivity index (χ0v) is 28.4. The molecule has 0 bridgehead atoms. The van der Waals surface area contributed by atoms with E-state index in [0.29, 0.717) is 0 Å². The van der Waals surface area contributed by atoms with Crippen LogP contribution >= 0.6 is 0 Å². The van der Waals surface area contributed by atoms with Gasteiger partial charge in [-0.15, -0.1) is 0 Å². The topological polar surface area (TPSA) is 6.48 Å². The molecule has 0 unspecified atom stereocenters. The van der Waals surface area contributed by atoms with Crippen molar-refractivity contribution in [2.75, 3.05) is 9.80 Å². The highest BCUT2D eigenvalue weighted by Gasteiger charge is 2.43. The third-order valence-electron chi connectivity index (χ3n) is 9.69. The number of benzene rings is 5. The fourth-order valence-corrected chi connectivity index (χ4v) is 7.10. The smallest absolute Gasteiger partial charge is 0.252 e. The van der Waals surface area contributed by atoms with Gasteiger partial charge in [0.1, 0.15) is 0 Å². The summed E-state index contributed by atoms with van der Waals surface area (Å²) in [5.41, 5.74) is 15.7. The molecule has 2 aliphatic heterocycles. The van der Waals surface area contributed by atoms with E-state index >= 15 is 0 Å². The van der Waals surface area contributed by atoms with Crippen molar-refractivity contribution in [3.8, 4) is 0 Å². The van der Waals surface area contributed by atoms with Crippen LogP contribution in [-0.2, 0) is 16.2 Å². The van der Waals surface area contributed by atoms with Crippen molar-refractivity contribution in [1.29, 1.82) is 0 Å². The zero-order chi connectivity index (χ0) is 31.9. The Morgan fingerprint density at radius 1 is 0.400 bits per heavy atom. The summed E-state index contributed by atoms with van der Waals surface area (Å²) in [4.78, 5) is 5.02. The van der Waals surface area contributed by atoms with Crippen molar-refractivity contribution in [3.63, 3.8) is 0 Å². The molecule has 0 saturated carbocycles. The van der Waals surface area contributed by atoms with Gasteiger partial charge in [0.2, 0.25) is 0 Å². The lowest BCUT2D eigenvalue weighted by Crippen LogP contribution is -2.61. The van der Waals surface area contributed by atoms with Crippen LogP contribution in [0.5, 0.6) is 0 Å². The molecule has 2 heterocycles. The van der Waals surface area contributed by atoms with Gasteiger partial charge < -0.3 is 9.80 Å². The Morgan fingerprint density at radius 2 is 0.911 bits per heavy atom. The van der Waals surface area contributed by atoms with Gasteiger partial charge in [-0.3, -0.25) is 0 Å². The molecule has 45 heavy (non-hydrogen) atoms. The number of anilines is 6. The third-order valence-corrected chi connectivity index (χ3v) is 9.69. The highest BCUT2D eigenvalue weighted by atomic mass is 15.2. The van der Waals surface area contributed by atoms with E-state index in [4.69, 9.17) is 0 Å². The van der Waals surface area contributed by atoms with Crippen LogP contribution in [0.4, 0.5) is 34.1 Å². The molecule has 0 aliphatic carbocycles. The largest absolute Gasteiger partial charge is 0.311 e. The summed E-state index contributed by atoms with van der Waals surface area (Å²) in [6.45, 7) is 21.1. The van der Waals surface area contributed by atoms with Gasteiger partial charge in [0.05, 0.1) is 0 Å². The maximum absolute atomic E-state index is 2.55. The van der Waals surface area contributed by atoms with Gasteiger partial charge in [-0.1, -0.05) is 123 Å². The Hall–Kier alpha value is -4.24. The number of nitrogens with zero attached hydrogens (tertiary/aromatic N) is 2. The first kappa shape index (κ1) is 29.5. The number of para-hydroxylation sites is 2. The lowest BCUT2D eigenvalue weighted by molar-refractivity contribution is 0.568. The molecule has 2 aliphatic rings. The highest BCUT2D eigenvalue weighted by Crippen LogP contribution is 2.45. The van der Waals surface area contributed by atoms with Crippen LogP contribution in [0.1, 0.15) is 79.0 Å². The van der Waals surface area contributed by atoms with Gasteiger partial charge in [-0.05, 0) is 97.9 Å².